The fraction of sp³-hybridized carbons (Fsp3) is 0.136. The fourth-order valence-electron chi connectivity index (χ4n) is 2.99. The van der Waals surface area contributed by atoms with Gasteiger partial charge in [-0.15, -0.1) is 0 Å². The predicted molar refractivity (Wildman–Crippen MR) is 101 cm³/mol. The van der Waals surface area contributed by atoms with Gasteiger partial charge in [0.2, 0.25) is 0 Å². The second-order valence-electron chi connectivity index (χ2n) is 5.72. The first-order valence-electron chi connectivity index (χ1n) is 8.28. The van der Waals surface area contributed by atoms with Gasteiger partial charge in [-0.1, -0.05) is 80.3 Å². The summed E-state index contributed by atoms with van der Waals surface area (Å²) in [6.45, 7) is 6.06. The molecule has 0 N–H and O–H groups in total. The number of nitrogens with zero attached hydrogens (tertiary/aromatic N) is 2. The van der Waals surface area contributed by atoms with Crippen molar-refractivity contribution in [1.29, 1.82) is 0 Å². The fourth-order valence-corrected chi connectivity index (χ4v) is 2.99. The molecule has 0 radical (unpaired) electrons. The average Bonchev–Trinajstić information content (AvgIpc) is 3.16. The van der Waals surface area contributed by atoms with Crippen molar-refractivity contribution in [3.8, 4) is 0 Å². The maximum atomic E-state index is 4.22. The van der Waals surface area contributed by atoms with E-state index >= 15 is 0 Å². The Kier molecular flexibility index (Phi) is 5.07. The van der Waals surface area contributed by atoms with Crippen LogP contribution < -0.4 is 0 Å². The zero-order chi connectivity index (χ0) is 16.8. The van der Waals surface area contributed by atoms with Crippen LogP contribution in [0.3, 0.4) is 0 Å². The molecule has 0 aliphatic heterocycles. The number of benzene rings is 2. The van der Waals surface area contributed by atoms with E-state index < -0.39 is 0 Å². The third kappa shape index (κ3) is 3.38. The molecular formula is C22H22N2. The molecule has 120 valence electrons. The van der Waals surface area contributed by atoms with Crippen LogP contribution in [-0.4, -0.2) is 9.55 Å². The summed E-state index contributed by atoms with van der Waals surface area (Å²) in [6.07, 6.45) is 10.8. The van der Waals surface area contributed by atoms with E-state index in [9.17, 15) is 0 Å². The number of hydrogen-bond acceptors (Lipinski definition) is 1. The highest BCUT2D eigenvalue weighted by Gasteiger charge is 2.15. The van der Waals surface area contributed by atoms with Crippen molar-refractivity contribution < 1.29 is 0 Å². The Hall–Kier alpha value is -2.87. The Bertz CT molecular complexity index is 797. The van der Waals surface area contributed by atoms with Crippen LogP contribution in [0.5, 0.6) is 0 Å². The number of imidazole rings is 1. The van der Waals surface area contributed by atoms with E-state index in [-0.39, 0.29) is 6.04 Å². The quantitative estimate of drug-likeness (QED) is 0.549. The SMILES string of the molecule is C=C/C(=C\CC)c1ccc(C(c2ccccc2)n2ccnc2)cc1. The standard InChI is InChI=1S/C22H22N2/c1-3-8-18(4-2)19-11-13-21(14-12-19)22(24-16-15-23-17-24)20-9-6-5-7-10-20/h4-17,22H,2-3H2,1H3/b18-8+. The molecular weight excluding hydrogens is 292 g/mol. The molecule has 1 aromatic heterocycles. The Labute approximate surface area is 143 Å². The largest absolute Gasteiger partial charge is 0.326 e. The summed E-state index contributed by atoms with van der Waals surface area (Å²) in [7, 11) is 0. The minimum absolute atomic E-state index is 0.130. The van der Waals surface area contributed by atoms with Crippen LogP contribution >= 0.6 is 0 Å². The smallest absolute Gasteiger partial charge is 0.0954 e. The van der Waals surface area contributed by atoms with Crippen molar-refractivity contribution in [3.63, 3.8) is 0 Å². The van der Waals surface area contributed by atoms with Crippen LogP contribution in [-0.2, 0) is 0 Å². The zero-order valence-electron chi connectivity index (χ0n) is 14.0. The predicted octanol–water partition coefficient (Wildman–Crippen LogP) is 5.50. The van der Waals surface area contributed by atoms with Gasteiger partial charge in [-0.25, -0.2) is 4.98 Å². The van der Waals surface area contributed by atoms with Crippen molar-refractivity contribution in [1.82, 2.24) is 9.55 Å². The molecule has 1 unspecified atom stereocenters. The van der Waals surface area contributed by atoms with Gasteiger partial charge in [0.1, 0.15) is 0 Å². The Morgan fingerprint density at radius 3 is 2.38 bits per heavy atom. The van der Waals surface area contributed by atoms with Crippen molar-refractivity contribution in [3.05, 3.63) is 109 Å². The summed E-state index contributed by atoms with van der Waals surface area (Å²) in [4.78, 5) is 4.22. The van der Waals surface area contributed by atoms with Crippen LogP contribution in [0.4, 0.5) is 0 Å². The molecule has 0 aliphatic carbocycles. The maximum absolute atomic E-state index is 4.22. The molecule has 0 amide bonds. The van der Waals surface area contributed by atoms with Gasteiger partial charge in [0.25, 0.3) is 0 Å². The van der Waals surface area contributed by atoms with Gasteiger partial charge in [0, 0.05) is 12.4 Å². The average molecular weight is 314 g/mol. The molecule has 0 fully saturated rings. The molecule has 3 rings (SSSR count). The molecule has 2 heteroatoms. The molecule has 0 saturated carbocycles. The summed E-state index contributed by atoms with van der Waals surface area (Å²) in [6, 6.07) is 19.4. The third-order valence-electron chi connectivity index (χ3n) is 4.14. The monoisotopic (exact) mass is 314 g/mol. The van der Waals surface area contributed by atoms with E-state index in [2.05, 4.69) is 77.7 Å². The lowest BCUT2D eigenvalue weighted by atomic mass is 9.95. The topological polar surface area (TPSA) is 17.8 Å². The zero-order valence-corrected chi connectivity index (χ0v) is 14.0. The molecule has 1 atom stereocenters. The minimum Gasteiger partial charge on any atom is -0.326 e. The molecule has 0 saturated heterocycles. The maximum Gasteiger partial charge on any atom is 0.0954 e. The summed E-state index contributed by atoms with van der Waals surface area (Å²) in [5, 5.41) is 0. The van der Waals surface area contributed by atoms with Crippen molar-refractivity contribution >= 4 is 5.57 Å². The molecule has 0 spiro atoms. The summed E-state index contributed by atoms with van der Waals surface area (Å²) < 4.78 is 2.14. The van der Waals surface area contributed by atoms with Crippen molar-refractivity contribution in [2.45, 2.75) is 19.4 Å². The Morgan fingerprint density at radius 2 is 1.79 bits per heavy atom. The summed E-state index contributed by atoms with van der Waals surface area (Å²) in [5.41, 5.74) is 4.87. The van der Waals surface area contributed by atoms with Gasteiger partial charge in [-0.05, 0) is 28.7 Å². The first-order chi connectivity index (χ1) is 11.8. The molecule has 3 aromatic rings. The highest BCUT2D eigenvalue weighted by Crippen LogP contribution is 2.28. The first-order valence-corrected chi connectivity index (χ1v) is 8.28. The normalized spacial score (nSPS) is 12.8. The van der Waals surface area contributed by atoms with Gasteiger partial charge < -0.3 is 4.57 Å². The first kappa shape index (κ1) is 16.0. The van der Waals surface area contributed by atoms with E-state index in [1.165, 1.54) is 22.3 Å². The van der Waals surface area contributed by atoms with E-state index in [1.54, 1.807) is 0 Å². The third-order valence-corrected chi connectivity index (χ3v) is 4.14. The summed E-state index contributed by atoms with van der Waals surface area (Å²) >= 11 is 0. The highest BCUT2D eigenvalue weighted by atomic mass is 15.0. The second-order valence-corrected chi connectivity index (χ2v) is 5.72. The van der Waals surface area contributed by atoms with E-state index in [4.69, 9.17) is 0 Å². The molecule has 24 heavy (non-hydrogen) atoms. The molecule has 1 heterocycles. The highest BCUT2D eigenvalue weighted by molar-refractivity contribution is 5.73. The van der Waals surface area contributed by atoms with Crippen molar-refractivity contribution in [2.75, 3.05) is 0 Å². The van der Waals surface area contributed by atoms with Crippen molar-refractivity contribution in [2.24, 2.45) is 0 Å². The lowest BCUT2D eigenvalue weighted by Gasteiger charge is -2.20. The van der Waals surface area contributed by atoms with E-state index in [0.29, 0.717) is 0 Å². The van der Waals surface area contributed by atoms with Gasteiger partial charge in [-0.3, -0.25) is 0 Å². The Morgan fingerprint density at radius 1 is 1.08 bits per heavy atom. The summed E-state index contributed by atoms with van der Waals surface area (Å²) in [5.74, 6) is 0. The van der Waals surface area contributed by atoms with Gasteiger partial charge in [0.15, 0.2) is 0 Å². The number of allylic oxidation sites excluding steroid dienone is 3. The van der Waals surface area contributed by atoms with Crippen LogP contribution in [0.25, 0.3) is 5.57 Å². The number of aromatic nitrogens is 2. The lowest BCUT2D eigenvalue weighted by Crippen LogP contribution is -2.10. The van der Waals surface area contributed by atoms with E-state index in [1.807, 2.05) is 30.9 Å². The second kappa shape index (κ2) is 7.60. The van der Waals surface area contributed by atoms with Crippen LogP contribution in [0.2, 0.25) is 0 Å². The van der Waals surface area contributed by atoms with E-state index in [0.717, 1.165) is 6.42 Å². The lowest BCUT2D eigenvalue weighted by molar-refractivity contribution is 0.677. The number of rotatable bonds is 6. The molecule has 2 nitrogen and oxygen atoms in total. The molecule has 0 aliphatic rings. The molecule has 0 bridgehead atoms. The Balaban J connectivity index is 2.00. The van der Waals surface area contributed by atoms with Gasteiger partial charge >= 0.3 is 0 Å². The van der Waals surface area contributed by atoms with Crippen LogP contribution in [0, 0.1) is 0 Å². The van der Waals surface area contributed by atoms with Crippen LogP contribution in [0.1, 0.15) is 36.1 Å². The van der Waals surface area contributed by atoms with Gasteiger partial charge in [0.05, 0.1) is 12.4 Å². The van der Waals surface area contributed by atoms with Crippen LogP contribution in [0.15, 0.2) is 92.0 Å². The number of hydrogen-bond donors (Lipinski definition) is 0. The minimum atomic E-state index is 0.130. The van der Waals surface area contributed by atoms with Gasteiger partial charge in [-0.2, -0.15) is 0 Å². The molecule has 2 aromatic carbocycles.